The number of likely N-dealkylation sites (tertiary alicyclic amines) is 1. The van der Waals surface area contributed by atoms with E-state index in [4.69, 9.17) is 0 Å². The van der Waals surface area contributed by atoms with Gasteiger partial charge in [0.05, 0.1) is 6.20 Å². The number of carbonyl (C=O) groups is 2. The minimum absolute atomic E-state index is 0.105. The molecule has 2 aromatic carbocycles. The highest BCUT2D eigenvalue weighted by atomic mass is 16.2. The third-order valence-electron chi connectivity index (χ3n) is 5.25. The summed E-state index contributed by atoms with van der Waals surface area (Å²) in [6.07, 6.45) is 2.23. The lowest BCUT2D eigenvalue weighted by Gasteiger charge is -2.17. The topological polar surface area (TPSA) is 80.1 Å². The molecule has 1 unspecified atom stereocenters. The minimum Gasteiger partial charge on any atom is -0.354 e. The second-order valence-electron chi connectivity index (χ2n) is 7.80. The molecule has 2 amide bonds. The summed E-state index contributed by atoms with van der Waals surface area (Å²) < 4.78 is 1.53. The van der Waals surface area contributed by atoms with Gasteiger partial charge in [-0.15, -0.1) is 5.10 Å². The van der Waals surface area contributed by atoms with E-state index in [0.29, 0.717) is 26.1 Å². The van der Waals surface area contributed by atoms with Gasteiger partial charge in [-0.1, -0.05) is 65.4 Å². The zero-order valence-corrected chi connectivity index (χ0v) is 17.0. The van der Waals surface area contributed by atoms with Gasteiger partial charge in [0.2, 0.25) is 11.8 Å². The van der Waals surface area contributed by atoms with Crippen LogP contribution in [-0.4, -0.2) is 44.8 Å². The molecular formula is C23H25N5O2. The van der Waals surface area contributed by atoms with Gasteiger partial charge in [-0.2, -0.15) is 0 Å². The Bertz CT molecular complexity index is 1030. The summed E-state index contributed by atoms with van der Waals surface area (Å²) >= 11 is 0. The first kappa shape index (κ1) is 19.8. The summed E-state index contributed by atoms with van der Waals surface area (Å²) in [7, 11) is 0. The van der Waals surface area contributed by atoms with E-state index in [0.717, 1.165) is 16.8 Å². The van der Waals surface area contributed by atoms with E-state index < -0.39 is 0 Å². The van der Waals surface area contributed by atoms with Gasteiger partial charge in [0.25, 0.3) is 0 Å². The van der Waals surface area contributed by atoms with Crippen molar-refractivity contribution in [1.29, 1.82) is 0 Å². The minimum atomic E-state index is -0.135. The lowest BCUT2D eigenvalue weighted by molar-refractivity contribution is -0.128. The van der Waals surface area contributed by atoms with Crippen LogP contribution in [0.2, 0.25) is 0 Å². The van der Waals surface area contributed by atoms with E-state index in [1.165, 1.54) is 10.2 Å². The van der Waals surface area contributed by atoms with E-state index in [2.05, 4.69) is 21.7 Å². The highest BCUT2D eigenvalue weighted by Gasteiger charge is 2.29. The molecule has 7 nitrogen and oxygen atoms in total. The third-order valence-corrected chi connectivity index (χ3v) is 5.25. The summed E-state index contributed by atoms with van der Waals surface area (Å²) in [4.78, 5) is 26.5. The van der Waals surface area contributed by atoms with E-state index in [1.54, 1.807) is 6.20 Å². The highest BCUT2D eigenvalue weighted by molar-refractivity contribution is 5.79. The Balaban J connectivity index is 1.25. The van der Waals surface area contributed by atoms with Gasteiger partial charge in [0.15, 0.2) is 0 Å². The van der Waals surface area contributed by atoms with Gasteiger partial charge in [0, 0.05) is 37.5 Å². The van der Waals surface area contributed by atoms with Crippen LogP contribution in [0.25, 0.3) is 11.3 Å². The Morgan fingerprint density at radius 2 is 2.00 bits per heavy atom. The quantitative estimate of drug-likeness (QED) is 0.657. The maximum Gasteiger partial charge on any atom is 0.241 e. The highest BCUT2D eigenvalue weighted by Crippen LogP contribution is 2.20. The number of carbonyl (C=O) groups excluding carboxylic acids is 2. The maximum atomic E-state index is 12.3. The van der Waals surface area contributed by atoms with E-state index >= 15 is 0 Å². The molecule has 0 bridgehead atoms. The van der Waals surface area contributed by atoms with Crippen molar-refractivity contribution in [3.8, 4) is 11.3 Å². The van der Waals surface area contributed by atoms with Crippen LogP contribution in [-0.2, 0) is 22.7 Å². The van der Waals surface area contributed by atoms with Crippen molar-refractivity contribution in [1.82, 2.24) is 25.2 Å². The number of hydrogen-bond acceptors (Lipinski definition) is 4. The molecule has 0 radical (unpaired) electrons. The average Bonchev–Trinajstić information content (AvgIpc) is 3.34. The van der Waals surface area contributed by atoms with Crippen molar-refractivity contribution in [3.05, 3.63) is 71.9 Å². The summed E-state index contributed by atoms with van der Waals surface area (Å²) in [5.74, 6) is 0.130. The number of benzene rings is 2. The Hall–Kier alpha value is -3.48. The standard InChI is InChI=1S/C23H25N5O2/c1-17-6-5-7-18(10-17)13-27-14-19(11-23(27)30)12-24-22(29)16-28-15-21(25-26-28)20-8-3-2-4-9-20/h2-10,15,19H,11-14,16H2,1H3,(H,24,29). The first-order valence-corrected chi connectivity index (χ1v) is 10.1. The second kappa shape index (κ2) is 8.90. The van der Waals surface area contributed by atoms with Crippen molar-refractivity contribution in [2.75, 3.05) is 13.1 Å². The zero-order chi connectivity index (χ0) is 20.9. The monoisotopic (exact) mass is 403 g/mol. The van der Waals surface area contributed by atoms with Gasteiger partial charge in [-0.3, -0.25) is 9.59 Å². The zero-order valence-electron chi connectivity index (χ0n) is 17.0. The van der Waals surface area contributed by atoms with Crippen molar-refractivity contribution in [2.45, 2.75) is 26.4 Å². The van der Waals surface area contributed by atoms with Crippen LogP contribution in [0.3, 0.4) is 0 Å². The molecule has 1 fully saturated rings. The molecule has 1 aliphatic heterocycles. The Morgan fingerprint density at radius 1 is 1.17 bits per heavy atom. The van der Waals surface area contributed by atoms with Crippen LogP contribution in [0.15, 0.2) is 60.8 Å². The van der Waals surface area contributed by atoms with Crippen molar-refractivity contribution < 1.29 is 9.59 Å². The van der Waals surface area contributed by atoms with Crippen molar-refractivity contribution in [3.63, 3.8) is 0 Å². The molecule has 1 saturated heterocycles. The fourth-order valence-electron chi connectivity index (χ4n) is 3.75. The van der Waals surface area contributed by atoms with Gasteiger partial charge in [0.1, 0.15) is 12.2 Å². The van der Waals surface area contributed by atoms with E-state index in [-0.39, 0.29) is 24.3 Å². The van der Waals surface area contributed by atoms with Crippen LogP contribution in [0.5, 0.6) is 0 Å². The molecular weight excluding hydrogens is 378 g/mol. The van der Waals surface area contributed by atoms with Crippen LogP contribution < -0.4 is 5.32 Å². The smallest absolute Gasteiger partial charge is 0.241 e. The van der Waals surface area contributed by atoms with E-state index in [1.807, 2.05) is 60.4 Å². The molecule has 30 heavy (non-hydrogen) atoms. The average molecular weight is 403 g/mol. The lowest BCUT2D eigenvalue weighted by atomic mass is 10.1. The molecule has 7 heteroatoms. The normalized spacial score (nSPS) is 16.1. The third kappa shape index (κ3) is 4.92. The van der Waals surface area contributed by atoms with Crippen LogP contribution >= 0.6 is 0 Å². The molecule has 0 spiro atoms. The summed E-state index contributed by atoms with van der Waals surface area (Å²) in [6.45, 7) is 3.91. The van der Waals surface area contributed by atoms with Gasteiger partial charge in [-0.25, -0.2) is 4.68 Å². The maximum absolute atomic E-state index is 12.3. The number of amides is 2. The van der Waals surface area contributed by atoms with Gasteiger partial charge < -0.3 is 10.2 Å². The molecule has 3 aromatic rings. The number of hydrogen-bond donors (Lipinski definition) is 1. The Morgan fingerprint density at radius 3 is 2.80 bits per heavy atom. The number of nitrogens with zero attached hydrogens (tertiary/aromatic N) is 4. The van der Waals surface area contributed by atoms with E-state index in [9.17, 15) is 9.59 Å². The summed E-state index contributed by atoms with van der Waals surface area (Å²) in [5.41, 5.74) is 4.01. The molecule has 154 valence electrons. The lowest BCUT2D eigenvalue weighted by Crippen LogP contribution is -2.33. The Labute approximate surface area is 175 Å². The second-order valence-corrected chi connectivity index (χ2v) is 7.80. The van der Waals surface area contributed by atoms with Crippen molar-refractivity contribution in [2.24, 2.45) is 5.92 Å². The van der Waals surface area contributed by atoms with Crippen LogP contribution in [0, 0.1) is 12.8 Å². The number of nitrogens with one attached hydrogen (secondary N) is 1. The first-order chi connectivity index (χ1) is 14.6. The van der Waals surface area contributed by atoms with Crippen LogP contribution in [0.4, 0.5) is 0 Å². The largest absolute Gasteiger partial charge is 0.354 e. The SMILES string of the molecule is Cc1cccc(CN2CC(CNC(=O)Cn3cc(-c4ccccc4)nn3)CC2=O)c1. The summed E-state index contributed by atoms with van der Waals surface area (Å²) in [6, 6.07) is 17.9. The molecule has 1 atom stereocenters. The number of aromatic nitrogens is 3. The first-order valence-electron chi connectivity index (χ1n) is 10.1. The molecule has 0 aliphatic carbocycles. The number of rotatable bonds is 7. The predicted molar refractivity (Wildman–Crippen MR) is 113 cm³/mol. The fraction of sp³-hybridized carbons (Fsp3) is 0.304. The van der Waals surface area contributed by atoms with Gasteiger partial charge in [-0.05, 0) is 12.5 Å². The molecule has 1 N–H and O–H groups in total. The number of aryl methyl sites for hydroxylation is 1. The molecule has 1 aliphatic rings. The van der Waals surface area contributed by atoms with Crippen LogP contribution in [0.1, 0.15) is 17.5 Å². The van der Waals surface area contributed by atoms with Gasteiger partial charge >= 0.3 is 0 Å². The molecule has 0 saturated carbocycles. The molecule has 4 rings (SSSR count). The predicted octanol–water partition coefficient (Wildman–Crippen LogP) is 2.42. The Kier molecular flexibility index (Phi) is 5.88. The summed E-state index contributed by atoms with van der Waals surface area (Å²) in [5, 5.41) is 11.1. The molecule has 2 heterocycles. The fourth-order valence-corrected chi connectivity index (χ4v) is 3.75. The molecule has 1 aromatic heterocycles. The van der Waals surface area contributed by atoms with Crippen molar-refractivity contribution >= 4 is 11.8 Å².